The van der Waals surface area contributed by atoms with Gasteiger partial charge in [-0.3, -0.25) is 19.9 Å². The summed E-state index contributed by atoms with van der Waals surface area (Å²) in [4.78, 5) is 20.6. The molecule has 4 heterocycles. The number of hydrogen-bond acceptors (Lipinski definition) is 5. The van der Waals surface area contributed by atoms with Gasteiger partial charge in [-0.1, -0.05) is 0 Å². The summed E-state index contributed by atoms with van der Waals surface area (Å²) in [7, 11) is 0. The highest BCUT2D eigenvalue weighted by Gasteiger charge is 2.16. The van der Waals surface area contributed by atoms with Crippen LogP contribution in [0.3, 0.4) is 0 Å². The van der Waals surface area contributed by atoms with Crippen molar-refractivity contribution in [3.05, 3.63) is 65.9 Å². The summed E-state index contributed by atoms with van der Waals surface area (Å²) in [5, 5.41) is 11.3. The monoisotopic (exact) mass is 357 g/mol. The Balaban J connectivity index is 1.85. The lowest BCUT2D eigenvalue weighted by Crippen LogP contribution is -1.94. The highest BCUT2D eigenvalue weighted by molar-refractivity contribution is 6.13. The van der Waals surface area contributed by atoms with E-state index in [0.29, 0.717) is 11.3 Å². The molecule has 0 saturated carbocycles. The molecular weight excluding hydrogens is 338 g/mol. The van der Waals surface area contributed by atoms with Crippen molar-refractivity contribution in [1.29, 1.82) is 0 Å². The Morgan fingerprint density at radius 3 is 2.67 bits per heavy atom. The number of aromatic amines is 1. The highest BCUT2D eigenvalue weighted by Crippen LogP contribution is 2.31. The van der Waals surface area contributed by atoms with Crippen LogP contribution in [0, 0.1) is 13.8 Å². The van der Waals surface area contributed by atoms with E-state index in [9.17, 15) is 5.11 Å². The van der Waals surface area contributed by atoms with Gasteiger partial charge in [-0.05, 0) is 50.6 Å². The Kier molecular flexibility index (Phi) is 4.16. The predicted octanol–water partition coefficient (Wildman–Crippen LogP) is 4.48. The molecule has 0 unspecified atom stereocenters. The summed E-state index contributed by atoms with van der Waals surface area (Å²) in [6, 6.07) is 7.73. The summed E-state index contributed by atoms with van der Waals surface area (Å²) in [5.74, 6) is 0.0770. The molecule has 6 nitrogen and oxygen atoms in total. The van der Waals surface area contributed by atoms with Crippen LogP contribution in [0.2, 0.25) is 0 Å². The molecular formula is C21H19N5O. The van der Waals surface area contributed by atoms with E-state index in [2.05, 4.69) is 24.9 Å². The van der Waals surface area contributed by atoms with Gasteiger partial charge in [-0.15, -0.1) is 0 Å². The Bertz CT molecular complexity index is 1160. The molecule has 0 spiro atoms. The van der Waals surface area contributed by atoms with Crippen LogP contribution in [-0.4, -0.2) is 30.8 Å². The number of pyridine rings is 3. The molecule has 0 aliphatic rings. The number of rotatable bonds is 3. The number of aryl methyl sites for hydroxylation is 2. The van der Waals surface area contributed by atoms with Gasteiger partial charge in [0, 0.05) is 29.0 Å². The summed E-state index contributed by atoms with van der Waals surface area (Å²) in [6.45, 7) is 5.83. The predicted molar refractivity (Wildman–Crippen MR) is 107 cm³/mol. The maximum Gasteiger partial charge on any atom is 0.198 e. The first kappa shape index (κ1) is 16.9. The van der Waals surface area contributed by atoms with Gasteiger partial charge < -0.3 is 10.1 Å². The third-order valence-electron chi connectivity index (χ3n) is 4.53. The average Bonchev–Trinajstić information content (AvgIpc) is 2.99. The number of aromatic hydroxyl groups is 1. The van der Waals surface area contributed by atoms with Gasteiger partial charge in [-0.25, -0.2) is 0 Å². The molecule has 134 valence electrons. The zero-order chi connectivity index (χ0) is 19.0. The quantitative estimate of drug-likeness (QED) is 0.529. The highest BCUT2D eigenvalue weighted by atomic mass is 16.3. The normalized spacial score (nSPS) is 11.9. The second kappa shape index (κ2) is 6.64. The van der Waals surface area contributed by atoms with E-state index in [-0.39, 0.29) is 5.88 Å². The number of fused-ring (bicyclic) bond motifs is 1. The van der Waals surface area contributed by atoms with E-state index in [1.807, 2.05) is 45.0 Å². The van der Waals surface area contributed by atoms with E-state index in [0.717, 1.165) is 39.1 Å². The molecule has 27 heavy (non-hydrogen) atoms. The van der Waals surface area contributed by atoms with Gasteiger partial charge >= 0.3 is 0 Å². The number of hydrogen-bond donors (Lipinski definition) is 2. The van der Waals surface area contributed by atoms with E-state index in [1.165, 1.54) is 0 Å². The molecule has 4 rings (SSSR count). The Hall–Kier alpha value is -3.54. The van der Waals surface area contributed by atoms with E-state index < -0.39 is 0 Å². The Morgan fingerprint density at radius 1 is 1.07 bits per heavy atom. The van der Waals surface area contributed by atoms with Gasteiger partial charge in [0.2, 0.25) is 0 Å². The average molecular weight is 357 g/mol. The van der Waals surface area contributed by atoms with E-state index in [1.54, 1.807) is 24.8 Å². The summed E-state index contributed by atoms with van der Waals surface area (Å²) >= 11 is 0. The summed E-state index contributed by atoms with van der Waals surface area (Å²) in [5.41, 5.74) is 6.65. The molecule has 4 aromatic rings. The molecule has 0 radical (unpaired) electrons. The molecule has 0 amide bonds. The molecule has 0 aromatic carbocycles. The fourth-order valence-corrected chi connectivity index (χ4v) is 3.10. The van der Waals surface area contributed by atoms with Crippen molar-refractivity contribution in [2.24, 2.45) is 4.99 Å². The lowest BCUT2D eigenvalue weighted by atomic mass is 10.0. The van der Waals surface area contributed by atoms with E-state index in [4.69, 9.17) is 0 Å². The lowest BCUT2D eigenvalue weighted by molar-refractivity contribution is 0.457. The van der Waals surface area contributed by atoms with Gasteiger partial charge in [0.15, 0.2) is 5.88 Å². The molecule has 6 heteroatoms. The summed E-state index contributed by atoms with van der Waals surface area (Å²) < 4.78 is 0. The number of H-pyrrole nitrogens is 1. The minimum absolute atomic E-state index is 0.0770. The van der Waals surface area contributed by atoms with Crippen molar-refractivity contribution >= 4 is 22.3 Å². The van der Waals surface area contributed by atoms with Crippen LogP contribution in [0.25, 0.3) is 22.2 Å². The van der Waals surface area contributed by atoms with Gasteiger partial charge in [-0.2, -0.15) is 0 Å². The van der Waals surface area contributed by atoms with E-state index >= 15 is 0 Å². The van der Waals surface area contributed by atoms with Crippen LogP contribution in [0.5, 0.6) is 5.88 Å². The summed E-state index contributed by atoms with van der Waals surface area (Å²) in [6.07, 6.45) is 7.00. The molecule has 4 aromatic heterocycles. The Morgan fingerprint density at radius 2 is 1.93 bits per heavy atom. The number of aromatic nitrogens is 4. The van der Waals surface area contributed by atoms with Crippen LogP contribution in [0.4, 0.5) is 5.69 Å². The molecule has 0 saturated heterocycles. The van der Waals surface area contributed by atoms with Crippen LogP contribution < -0.4 is 0 Å². The minimum Gasteiger partial charge on any atom is -0.494 e. The number of nitrogens with one attached hydrogen (secondary N) is 1. The number of nitrogens with zero attached hydrogens (tertiary/aromatic N) is 4. The van der Waals surface area contributed by atoms with Gasteiger partial charge in [0.25, 0.3) is 0 Å². The molecule has 0 fully saturated rings. The fraction of sp³-hybridized carbons (Fsp3) is 0.143. The van der Waals surface area contributed by atoms with Crippen molar-refractivity contribution in [1.82, 2.24) is 19.9 Å². The number of aliphatic imine (C=N–C) groups is 1. The minimum atomic E-state index is 0.0770. The first-order valence-corrected chi connectivity index (χ1v) is 8.63. The molecule has 0 atom stereocenters. The SMILES string of the molecule is CC(=Nc1ccc(C)nc1)c1c(O)[nH]c2cnc(-c3cnccc3C)cc12. The van der Waals surface area contributed by atoms with Crippen molar-refractivity contribution in [2.75, 3.05) is 0 Å². The standard InChI is InChI=1S/C21H19N5O/c1-12-6-7-22-10-17(12)18-8-16-19(11-24-18)26-21(27)20(16)14(3)25-15-5-4-13(2)23-9-15/h4-11,26-27H,1-3H3. The maximum absolute atomic E-state index is 10.5. The third-order valence-corrected chi connectivity index (χ3v) is 4.53. The molecule has 0 bridgehead atoms. The zero-order valence-electron chi connectivity index (χ0n) is 15.4. The lowest BCUT2D eigenvalue weighted by Gasteiger charge is -2.05. The van der Waals surface area contributed by atoms with Crippen LogP contribution in [-0.2, 0) is 0 Å². The fourth-order valence-electron chi connectivity index (χ4n) is 3.10. The largest absolute Gasteiger partial charge is 0.494 e. The zero-order valence-corrected chi connectivity index (χ0v) is 15.4. The molecule has 0 aliphatic heterocycles. The molecule has 0 aliphatic carbocycles. The van der Waals surface area contributed by atoms with Crippen LogP contribution in [0.15, 0.2) is 54.0 Å². The van der Waals surface area contributed by atoms with Crippen molar-refractivity contribution in [3.63, 3.8) is 0 Å². The smallest absolute Gasteiger partial charge is 0.198 e. The third kappa shape index (κ3) is 3.17. The van der Waals surface area contributed by atoms with Crippen molar-refractivity contribution in [2.45, 2.75) is 20.8 Å². The second-order valence-corrected chi connectivity index (χ2v) is 6.51. The molecule has 2 N–H and O–H groups in total. The topological polar surface area (TPSA) is 87.0 Å². The van der Waals surface area contributed by atoms with Crippen molar-refractivity contribution < 1.29 is 5.11 Å². The first-order valence-electron chi connectivity index (χ1n) is 8.63. The van der Waals surface area contributed by atoms with Crippen LogP contribution in [0.1, 0.15) is 23.7 Å². The van der Waals surface area contributed by atoms with Gasteiger partial charge in [0.1, 0.15) is 0 Å². The maximum atomic E-state index is 10.5. The first-order chi connectivity index (χ1) is 13.0. The van der Waals surface area contributed by atoms with Gasteiger partial charge in [0.05, 0.1) is 40.6 Å². The van der Waals surface area contributed by atoms with Crippen molar-refractivity contribution in [3.8, 4) is 17.1 Å². The van der Waals surface area contributed by atoms with Crippen LogP contribution >= 0.6 is 0 Å². The Labute approximate surface area is 156 Å². The second-order valence-electron chi connectivity index (χ2n) is 6.51.